The number of carbonyl (C=O) groups excluding carboxylic acids is 1. The van der Waals surface area contributed by atoms with E-state index in [0.717, 1.165) is 5.56 Å². The third-order valence-corrected chi connectivity index (χ3v) is 3.62. The first kappa shape index (κ1) is 14.6. The fourth-order valence-electron chi connectivity index (χ4n) is 2.03. The molecule has 0 bridgehead atoms. The van der Waals surface area contributed by atoms with Gasteiger partial charge >= 0.3 is 12.0 Å². The number of carbonyl (C=O) groups is 2. The molecule has 1 aromatic carbocycles. The predicted molar refractivity (Wildman–Crippen MR) is 76.2 cm³/mol. The molecule has 2 rings (SSSR count). The minimum Gasteiger partial charge on any atom is -0.480 e. The number of amides is 2. The van der Waals surface area contributed by atoms with Gasteiger partial charge in [-0.3, -0.25) is 0 Å². The van der Waals surface area contributed by atoms with Crippen molar-refractivity contribution in [3.63, 3.8) is 0 Å². The minimum absolute atomic E-state index is 0.247. The molecule has 1 fully saturated rings. The van der Waals surface area contributed by atoms with Gasteiger partial charge in [0.2, 0.25) is 0 Å². The van der Waals surface area contributed by atoms with E-state index in [1.807, 2.05) is 6.92 Å². The van der Waals surface area contributed by atoms with Gasteiger partial charge in [-0.05, 0) is 24.6 Å². The molecule has 3 N–H and O–H groups in total. The summed E-state index contributed by atoms with van der Waals surface area (Å²) in [5, 5.41) is 15.3. The molecule has 0 radical (unpaired) electrons. The molecule has 1 aromatic rings. The van der Waals surface area contributed by atoms with Crippen LogP contribution in [0, 0.1) is 6.92 Å². The van der Waals surface area contributed by atoms with Gasteiger partial charge < -0.3 is 20.6 Å². The smallest absolute Gasteiger partial charge is 0.327 e. The van der Waals surface area contributed by atoms with Crippen molar-refractivity contribution in [2.24, 2.45) is 0 Å². The van der Waals surface area contributed by atoms with E-state index in [4.69, 9.17) is 16.7 Å². The number of hydrogen-bond acceptors (Lipinski definition) is 3. The van der Waals surface area contributed by atoms with Crippen LogP contribution in [-0.4, -0.2) is 47.7 Å². The standard InChI is InChI=1S/C13H16ClN3O3/c1-8-2-3-9(6-10(8)14)16-13(20)17-5-4-15-7-11(17)12(18)19/h2-3,6,11,15H,4-5,7H2,1H3,(H,16,20)(H,18,19). The molecule has 0 saturated carbocycles. The van der Waals surface area contributed by atoms with Gasteiger partial charge in [0.15, 0.2) is 0 Å². The molecule has 7 heteroatoms. The third kappa shape index (κ3) is 3.20. The zero-order valence-corrected chi connectivity index (χ0v) is 11.8. The molecule has 0 aromatic heterocycles. The normalized spacial score (nSPS) is 18.7. The van der Waals surface area contributed by atoms with Gasteiger partial charge in [-0.25, -0.2) is 9.59 Å². The van der Waals surface area contributed by atoms with Crippen LogP contribution in [0.5, 0.6) is 0 Å². The highest BCUT2D eigenvalue weighted by Gasteiger charge is 2.31. The Balaban J connectivity index is 2.09. The number of aliphatic carboxylic acids is 1. The van der Waals surface area contributed by atoms with Crippen molar-refractivity contribution in [1.29, 1.82) is 0 Å². The number of hydrogen-bond donors (Lipinski definition) is 3. The van der Waals surface area contributed by atoms with Crippen LogP contribution in [0.25, 0.3) is 0 Å². The summed E-state index contributed by atoms with van der Waals surface area (Å²) in [7, 11) is 0. The van der Waals surface area contributed by atoms with Crippen molar-refractivity contribution in [2.75, 3.05) is 25.0 Å². The van der Waals surface area contributed by atoms with E-state index in [1.54, 1.807) is 18.2 Å². The molecule has 1 aliphatic rings. The Bertz CT molecular complexity index is 536. The number of carboxylic acids is 1. The minimum atomic E-state index is -1.02. The van der Waals surface area contributed by atoms with Gasteiger partial charge in [0, 0.05) is 30.3 Å². The zero-order valence-electron chi connectivity index (χ0n) is 11.0. The Morgan fingerprint density at radius 3 is 2.90 bits per heavy atom. The fraction of sp³-hybridized carbons (Fsp3) is 0.385. The van der Waals surface area contributed by atoms with Gasteiger partial charge in [0.25, 0.3) is 0 Å². The first-order valence-electron chi connectivity index (χ1n) is 6.26. The summed E-state index contributed by atoms with van der Waals surface area (Å²) in [6.07, 6.45) is 0. The van der Waals surface area contributed by atoms with Crippen LogP contribution in [0.3, 0.4) is 0 Å². The second-order valence-electron chi connectivity index (χ2n) is 4.65. The molecule has 6 nitrogen and oxygen atoms in total. The summed E-state index contributed by atoms with van der Waals surface area (Å²) in [4.78, 5) is 24.6. The van der Waals surface area contributed by atoms with Crippen LogP contribution >= 0.6 is 11.6 Å². The fourth-order valence-corrected chi connectivity index (χ4v) is 2.21. The Labute approximate surface area is 121 Å². The predicted octanol–water partition coefficient (Wildman–Crippen LogP) is 1.54. The first-order chi connectivity index (χ1) is 9.49. The number of urea groups is 1. The van der Waals surface area contributed by atoms with Crippen LogP contribution in [0.4, 0.5) is 10.5 Å². The third-order valence-electron chi connectivity index (χ3n) is 3.21. The summed E-state index contributed by atoms with van der Waals surface area (Å²) in [6, 6.07) is 3.89. The quantitative estimate of drug-likeness (QED) is 0.773. The summed E-state index contributed by atoms with van der Waals surface area (Å²) in [6.45, 7) is 3.04. The maximum atomic E-state index is 12.2. The van der Waals surface area contributed by atoms with Crippen LogP contribution in [0.15, 0.2) is 18.2 Å². The number of halogens is 1. The highest BCUT2D eigenvalue weighted by atomic mass is 35.5. The topological polar surface area (TPSA) is 81.7 Å². The summed E-state index contributed by atoms with van der Waals surface area (Å²) in [5.74, 6) is -1.02. The second-order valence-corrected chi connectivity index (χ2v) is 5.05. The zero-order chi connectivity index (χ0) is 14.7. The lowest BCUT2D eigenvalue weighted by Gasteiger charge is -2.33. The molecule has 0 spiro atoms. The average molecular weight is 298 g/mol. The van der Waals surface area contributed by atoms with E-state index >= 15 is 0 Å². The van der Waals surface area contributed by atoms with E-state index in [9.17, 15) is 9.59 Å². The molecule has 1 aliphatic heterocycles. The Morgan fingerprint density at radius 2 is 2.25 bits per heavy atom. The molecule has 20 heavy (non-hydrogen) atoms. The molecule has 1 saturated heterocycles. The van der Waals surface area contributed by atoms with E-state index in [2.05, 4.69) is 10.6 Å². The Kier molecular flexibility index (Phi) is 4.46. The molecule has 1 heterocycles. The average Bonchev–Trinajstić information content (AvgIpc) is 2.43. The SMILES string of the molecule is Cc1ccc(NC(=O)N2CCNCC2C(=O)O)cc1Cl. The monoisotopic (exact) mass is 297 g/mol. The van der Waals surface area contributed by atoms with Crippen molar-refractivity contribution in [1.82, 2.24) is 10.2 Å². The molecule has 2 amide bonds. The lowest BCUT2D eigenvalue weighted by atomic mass is 10.2. The van der Waals surface area contributed by atoms with Crippen LogP contribution in [0.2, 0.25) is 5.02 Å². The summed E-state index contributed by atoms with van der Waals surface area (Å²) >= 11 is 5.99. The molecular formula is C13H16ClN3O3. The van der Waals surface area contributed by atoms with E-state index in [-0.39, 0.29) is 6.54 Å². The highest BCUT2D eigenvalue weighted by Crippen LogP contribution is 2.20. The first-order valence-corrected chi connectivity index (χ1v) is 6.64. The summed E-state index contributed by atoms with van der Waals surface area (Å²) in [5.41, 5.74) is 1.46. The number of carboxylic acid groups (broad SMARTS) is 1. The second kappa shape index (κ2) is 6.11. The summed E-state index contributed by atoms with van der Waals surface area (Å²) < 4.78 is 0. The largest absolute Gasteiger partial charge is 0.480 e. The lowest BCUT2D eigenvalue weighted by molar-refractivity contribution is -0.142. The van der Waals surface area contributed by atoms with Crippen LogP contribution in [-0.2, 0) is 4.79 Å². The van der Waals surface area contributed by atoms with Gasteiger partial charge in [-0.15, -0.1) is 0 Å². The van der Waals surface area contributed by atoms with Crippen molar-refractivity contribution in [2.45, 2.75) is 13.0 Å². The van der Waals surface area contributed by atoms with Gasteiger partial charge in [-0.2, -0.15) is 0 Å². The molecular weight excluding hydrogens is 282 g/mol. The number of nitrogens with one attached hydrogen (secondary N) is 2. The van der Waals surface area contributed by atoms with Crippen molar-refractivity contribution in [3.8, 4) is 0 Å². The van der Waals surface area contributed by atoms with Gasteiger partial charge in [-0.1, -0.05) is 17.7 Å². The number of aryl methyl sites for hydroxylation is 1. The van der Waals surface area contributed by atoms with Gasteiger partial charge in [0.1, 0.15) is 6.04 Å². The van der Waals surface area contributed by atoms with Gasteiger partial charge in [0.05, 0.1) is 0 Å². The van der Waals surface area contributed by atoms with Crippen molar-refractivity contribution >= 4 is 29.3 Å². The number of piperazine rings is 1. The maximum Gasteiger partial charge on any atom is 0.327 e. The maximum absolute atomic E-state index is 12.2. The number of rotatable bonds is 2. The molecule has 0 aliphatic carbocycles. The number of benzene rings is 1. The number of nitrogens with zero attached hydrogens (tertiary/aromatic N) is 1. The Morgan fingerprint density at radius 1 is 1.50 bits per heavy atom. The lowest BCUT2D eigenvalue weighted by Crippen LogP contribution is -2.58. The van der Waals surface area contributed by atoms with Crippen LogP contribution < -0.4 is 10.6 Å². The van der Waals surface area contributed by atoms with Crippen molar-refractivity contribution in [3.05, 3.63) is 28.8 Å². The van der Waals surface area contributed by atoms with E-state index in [0.29, 0.717) is 23.8 Å². The molecule has 1 atom stereocenters. The van der Waals surface area contributed by atoms with Crippen molar-refractivity contribution < 1.29 is 14.7 Å². The molecule has 108 valence electrons. The highest BCUT2D eigenvalue weighted by molar-refractivity contribution is 6.31. The van der Waals surface area contributed by atoms with E-state index < -0.39 is 18.0 Å². The number of anilines is 1. The van der Waals surface area contributed by atoms with Crippen LogP contribution in [0.1, 0.15) is 5.56 Å². The van der Waals surface area contributed by atoms with E-state index in [1.165, 1.54) is 4.90 Å². The molecule has 1 unspecified atom stereocenters. The Hall–Kier alpha value is -1.79.